The minimum absolute atomic E-state index is 0.0860. The summed E-state index contributed by atoms with van der Waals surface area (Å²) in [4.78, 5) is 14.2. The van der Waals surface area contributed by atoms with Gasteiger partial charge in [0.2, 0.25) is 5.91 Å². The van der Waals surface area contributed by atoms with Crippen LogP contribution < -0.4 is 15.4 Å². The van der Waals surface area contributed by atoms with Crippen LogP contribution in [0.15, 0.2) is 24.3 Å². The van der Waals surface area contributed by atoms with Gasteiger partial charge in [0.15, 0.2) is 0 Å². The van der Waals surface area contributed by atoms with Crippen molar-refractivity contribution >= 4 is 5.91 Å². The maximum absolute atomic E-state index is 12.0. The molecule has 1 unspecified atom stereocenters. The fraction of sp³-hybridized carbons (Fsp3) is 0.562. The molecule has 1 aromatic rings. The minimum Gasteiger partial charge on any atom is -0.497 e. The Kier molecular flexibility index (Phi) is 6.02. The van der Waals surface area contributed by atoms with Crippen molar-refractivity contribution in [2.24, 2.45) is 5.92 Å². The third kappa shape index (κ3) is 5.02. The molecule has 1 fully saturated rings. The third-order valence-electron chi connectivity index (χ3n) is 3.85. The van der Waals surface area contributed by atoms with Crippen LogP contribution in [0.4, 0.5) is 0 Å². The first-order valence-corrected chi connectivity index (χ1v) is 7.48. The molecule has 0 bridgehead atoms. The molecule has 0 aromatic heterocycles. The molecular weight excluding hydrogens is 266 g/mol. The number of amides is 1. The van der Waals surface area contributed by atoms with Crippen LogP contribution in [0.3, 0.4) is 0 Å². The van der Waals surface area contributed by atoms with Gasteiger partial charge in [0, 0.05) is 13.1 Å². The highest BCUT2D eigenvalue weighted by atomic mass is 16.5. The molecule has 0 radical (unpaired) electrons. The molecule has 2 N–H and O–H groups in total. The van der Waals surface area contributed by atoms with E-state index in [-0.39, 0.29) is 5.91 Å². The molecule has 2 rings (SSSR count). The van der Waals surface area contributed by atoms with Crippen molar-refractivity contribution in [1.29, 1.82) is 0 Å². The average molecular weight is 291 g/mol. The van der Waals surface area contributed by atoms with Gasteiger partial charge in [-0.1, -0.05) is 12.1 Å². The van der Waals surface area contributed by atoms with Gasteiger partial charge < -0.3 is 15.4 Å². The van der Waals surface area contributed by atoms with Crippen LogP contribution in [0.2, 0.25) is 0 Å². The molecule has 5 heteroatoms. The van der Waals surface area contributed by atoms with Crippen LogP contribution in [-0.4, -0.2) is 51.1 Å². The normalized spacial score (nSPS) is 18.7. The molecule has 5 nitrogen and oxygen atoms in total. The number of likely N-dealkylation sites (tertiary alicyclic amines) is 1. The number of rotatable bonds is 7. The van der Waals surface area contributed by atoms with Gasteiger partial charge in [-0.25, -0.2) is 0 Å². The molecule has 21 heavy (non-hydrogen) atoms. The standard InChI is InChI=1S/C16H25N3O2/c1-17-9-14-6-7-19(11-14)12-16(20)18-10-13-4-3-5-15(8-13)21-2/h3-5,8,14,17H,6-7,9-12H2,1-2H3,(H,18,20). The van der Waals surface area contributed by atoms with Gasteiger partial charge in [-0.3, -0.25) is 9.69 Å². The first-order chi connectivity index (χ1) is 10.2. The van der Waals surface area contributed by atoms with Crippen LogP contribution in [0.25, 0.3) is 0 Å². The summed E-state index contributed by atoms with van der Waals surface area (Å²) in [5, 5.41) is 6.17. The number of methoxy groups -OCH3 is 1. The molecule has 116 valence electrons. The Morgan fingerprint density at radius 3 is 3.10 bits per heavy atom. The predicted octanol–water partition coefficient (Wildman–Crippen LogP) is 0.853. The van der Waals surface area contributed by atoms with E-state index < -0.39 is 0 Å². The maximum Gasteiger partial charge on any atom is 0.234 e. The minimum atomic E-state index is 0.0860. The summed E-state index contributed by atoms with van der Waals surface area (Å²) < 4.78 is 5.18. The highest BCUT2D eigenvalue weighted by Crippen LogP contribution is 2.15. The molecule has 0 spiro atoms. The second-order valence-electron chi connectivity index (χ2n) is 5.58. The predicted molar refractivity (Wildman–Crippen MR) is 83.3 cm³/mol. The number of nitrogens with zero attached hydrogens (tertiary/aromatic N) is 1. The van der Waals surface area contributed by atoms with Crippen molar-refractivity contribution in [1.82, 2.24) is 15.5 Å². The van der Waals surface area contributed by atoms with E-state index in [9.17, 15) is 4.79 Å². The average Bonchev–Trinajstić information content (AvgIpc) is 2.93. The fourth-order valence-electron chi connectivity index (χ4n) is 2.75. The molecule has 1 heterocycles. The van der Waals surface area contributed by atoms with E-state index in [1.54, 1.807) is 7.11 Å². The highest BCUT2D eigenvalue weighted by molar-refractivity contribution is 5.78. The Labute approximate surface area is 126 Å². The molecule has 1 aliphatic rings. The van der Waals surface area contributed by atoms with E-state index in [1.807, 2.05) is 31.3 Å². The van der Waals surface area contributed by atoms with Crippen molar-refractivity contribution in [2.45, 2.75) is 13.0 Å². The largest absolute Gasteiger partial charge is 0.497 e. The van der Waals surface area contributed by atoms with E-state index in [0.717, 1.165) is 30.9 Å². The fourth-order valence-corrected chi connectivity index (χ4v) is 2.75. The molecule has 1 atom stereocenters. The van der Waals surface area contributed by atoms with Gasteiger partial charge in [0.25, 0.3) is 0 Å². The van der Waals surface area contributed by atoms with Crippen molar-refractivity contribution < 1.29 is 9.53 Å². The summed E-state index contributed by atoms with van der Waals surface area (Å²) in [6, 6.07) is 7.77. The molecule has 1 aliphatic heterocycles. The van der Waals surface area contributed by atoms with Gasteiger partial charge in [-0.15, -0.1) is 0 Å². The number of benzene rings is 1. The van der Waals surface area contributed by atoms with Crippen molar-refractivity contribution in [3.05, 3.63) is 29.8 Å². The first-order valence-electron chi connectivity index (χ1n) is 7.48. The lowest BCUT2D eigenvalue weighted by atomic mass is 10.1. The third-order valence-corrected chi connectivity index (χ3v) is 3.85. The van der Waals surface area contributed by atoms with Crippen molar-refractivity contribution in [3.8, 4) is 5.75 Å². The van der Waals surface area contributed by atoms with Crippen LogP contribution in [0.5, 0.6) is 5.75 Å². The lowest BCUT2D eigenvalue weighted by Gasteiger charge is -2.15. The summed E-state index contributed by atoms with van der Waals surface area (Å²) in [5.41, 5.74) is 1.05. The van der Waals surface area contributed by atoms with Crippen LogP contribution in [0.1, 0.15) is 12.0 Å². The van der Waals surface area contributed by atoms with Crippen molar-refractivity contribution in [3.63, 3.8) is 0 Å². The zero-order chi connectivity index (χ0) is 15.1. The van der Waals surface area contributed by atoms with Crippen LogP contribution in [-0.2, 0) is 11.3 Å². The van der Waals surface area contributed by atoms with E-state index >= 15 is 0 Å². The summed E-state index contributed by atoms with van der Waals surface area (Å²) in [6.07, 6.45) is 1.17. The van der Waals surface area contributed by atoms with Crippen molar-refractivity contribution in [2.75, 3.05) is 40.3 Å². The number of carbonyl (C=O) groups is 1. The molecular formula is C16H25N3O2. The molecule has 0 aliphatic carbocycles. The van der Waals surface area contributed by atoms with Gasteiger partial charge in [0.05, 0.1) is 13.7 Å². The molecule has 1 amide bonds. The Morgan fingerprint density at radius 1 is 1.48 bits per heavy atom. The Balaban J connectivity index is 1.72. The van der Waals surface area contributed by atoms with E-state index in [1.165, 1.54) is 6.42 Å². The zero-order valence-corrected chi connectivity index (χ0v) is 12.9. The lowest BCUT2D eigenvalue weighted by molar-refractivity contribution is -0.122. The quantitative estimate of drug-likeness (QED) is 0.782. The smallest absolute Gasteiger partial charge is 0.234 e. The Bertz CT molecular complexity index is 465. The zero-order valence-electron chi connectivity index (χ0n) is 12.9. The summed E-state index contributed by atoms with van der Waals surface area (Å²) in [7, 11) is 3.62. The van der Waals surface area contributed by atoms with E-state index in [0.29, 0.717) is 19.0 Å². The van der Waals surface area contributed by atoms with E-state index in [4.69, 9.17) is 4.74 Å². The second-order valence-corrected chi connectivity index (χ2v) is 5.58. The van der Waals surface area contributed by atoms with Crippen LogP contribution in [0, 0.1) is 5.92 Å². The molecule has 1 aromatic carbocycles. The topological polar surface area (TPSA) is 53.6 Å². The van der Waals surface area contributed by atoms with Crippen LogP contribution >= 0.6 is 0 Å². The lowest BCUT2D eigenvalue weighted by Crippen LogP contribution is -2.36. The van der Waals surface area contributed by atoms with Gasteiger partial charge >= 0.3 is 0 Å². The molecule has 1 saturated heterocycles. The summed E-state index contributed by atoms with van der Waals surface area (Å²) in [6.45, 7) is 4.09. The van der Waals surface area contributed by atoms with Gasteiger partial charge in [-0.2, -0.15) is 0 Å². The highest BCUT2D eigenvalue weighted by Gasteiger charge is 2.23. The maximum atomic E-state index is 12.0. The summed E-state index contributed by atoms with van der Waals surface area (Å²) >= 11 is 0. The first kappa shape index (κ1) is 15.8. The Morgan fingerprint density at radius 2 is 2.33 bits per heavy atom. The summed E-state index contributed by atoms with van der Waals surface area (Å²) in [5.74, 6) is 1.57. The number of hydrogen-bond acceptors (Lipinski definition) is 4. The van der Waals surface area contributed by atoms with Gasteiger partial charge in [-0.05, 0) is 50.2 Å². The van der Waals surface area contributed by atoms with E-state index in [2.05, 4.69) is 15.5 Å². The monoisotopic (exact) mass is 291 g/mol. The Hall–Kier alpha value is -1.59. The molecule has 0 saturated carbocycles. The van der Waals surface area contributed by atoms with Gasteiger partial charge in [0.1, 0.15) is 5.75 Å². The number of hydrogen-bond donors (Lipinski definition) is 2. The number of nitrogens with one attached hydrogen (secondary N) is 2. The number of ether oxygens (including phenoxy) is 1. The SMILES string of the molecule is CNCC1CCN(CC(=O)NCc2cccc(OC)c2)C1. The second kappa shape index (κ2) is 8.00. The number of carbonyl (C=O) groups excluding carboxylic acids is 1.